The Balaban J connectivity index is 1.41. The Morgan fingerprint density at radius 2 is 2.00 bits per heavy atom. The van der Waals surface area contributed by atoms with Crippen LogP contribution in [0.1, 0.15) is 59.6 Å². The topological polar surface area (TPSA) is 123 Å². The van der Waals surface area contributed by atoms with E-state index in [2.05, 4.69) is 11.4 Å². The molecule has 3 aliphatic rings. The van der Waals surface area contributed by atoms with Crippen LogP contribution < -0.4 is 11.1 Å². The summed E-state index contributed by atoms with van der Waals surface area (Å²) >= 11 is 0. The van der Waals surface area contributed by atoms with E-state index in [1.165, 1.54) is 0 Å². The minimum absolute atomic E-state index is 0.0278. The highest BCUT2D eigenvalue weighted by Gasteiger charge is 2.39. The number of fused-ring (bicyclic) bond motifs is 1. The first-order valence-corrected chi connectivity index (χ1v) is 12.2. The molecular formula is C25H34N6O3. The number of carbonyl (C=O) groups is 3. The van der Waals surface area contributed by atoms with Crippen molar-refractivity contribution in [3.8, 4) is 6.07 Å². The van der Waals surface area contributed by atoms with Crippen LogP contribution in [0.3, 0.4) is 0 Å². The number of nitrogens with two attached hydrogens (primary N) is 1. The lowest BCUT2D eigenvalue weighted by molar-refractivity contribution is -0.138. The van der Waals surface area contributed by atoms with Crippen LogP contribution in [0.25, 0.3) is 0 Å². The van der Waals surface area contributed by atoms with Crippen molar-refractivity contribution in [2.24, 2.45) is 5.73 Å². The molecule has 1 aliphatic carbocycles. The molecule has 1 aromatic carbocycles. The van der Waals surface area contributed by atoms with Crippen molar-refractivity contribution in [1.82, 2.24) is 20.0 Å². The highest BCUT2D eigenvalue weighted by molar-refractivity contribution is 5.94. The van der Waals surface area contributed by atoms with Gasteiger partial charge in [-0.2, -0.15) is 5.26 Å². The number of aryl methyl sites for hydroxylation is 1. The SMILES string of the molecule is CNC(=O)c1ccc2c(c1)CCC2N(C)C(=O)C1CCCN1CC(N)C(=O)N1CCCC1C#N. The maximum atomic E-state index is 13.5. The van der Waals surface area contributed by atoms with Crippen molar-refractivity contribution in [1.29, 1.82) is 5.26 Å². The predicted molar refractivity (Wildman–Crippen MR) is 127 cm³/mol. The Bertz CT molecular complexity index is 1000. The van der Waals surface area contributed by atoms with Gasteiger partial charge in [-0.25, -0.2) is 0 Å². The number of likely N-dealkylation sites (tertiary alicyclic amines) is 2. The number of carbonyl (C=O) groups excluding carboxylic acids is 3. The molecular weight excluding hydrogens is 432 g/mol. The third-order valence-electron chi connectivity index (χ3n) is 7.58. The van der Waals surface area contributed by atoms with Crippen LogP contribution in [0.5, 0.6) is 0 Å². The second kappa shape index (κ2) is 10.1. The summed E-state index contributed by atoms with van der Waals surface area (Å²) in [6.45, 7) is 1.61. The molecule has 4 unspecified atom stereocenters. The van der Waals surface area contributed by atoms with Crippen molar-refractivity contribution in [3.63, 3.8) is 0 Å². The van der Waals surface area contributed by atoms with E-state index in [-0.39, 0.29) is 29.8 Å². The summed E-state index contributed by atoms with van der Waals surface area (Å²) in [6, 6.07) is 6.41. The van der Waals surface area contributed by atoms with Crippen molar-refractivity contribution in [2.75, 3.05) is 33.7 Å². The smallest absolute Gasteiger partial charge is 0.251 e. The molecule has 1 aromatic rings. The minimum Gasteiger partial charge on any atom is -0.355 e. The fraction of sp³-hybridized carbons (Fsp3) is 0.600. The lowest BCUT2D eigenvalue weighted by Crippen LogP contribution is -2.54. The zero-order chi connectivity index (χ0) is 24.4. The highest BCUT2D eigenvalue weighted by atomic mass is 16.2. The summed E-state index contributed by atoms with van der Waals surface area (Å²) in [5.74, 6) is -0.271. The van der Waals surface area contributed by atoms with Crippen molar-refractivity contribution >= 4 is 17.7 Å². The summed E-state index contributed by atoms with van der Waals surface area (Å²) < 4.78 is 0. The number of nitrogens with one attached hydrogen (secondary N) is 1. The van der Waals surface area contributed by atoms with Gasteiger partial charge in [0.05, 0.1) is 24.2 Å². The standard InChI is InChI=1S/C25H34N6O3/c1-28-23(32)17-7-9-19-16(13-17)8-10-21(19)29(2)25(34)22-6-4-11-30(22)15-20(27)24(33)31-12-3-5-18(31)14-26/h7,9,13,18,20-22H,3-6,8,10-12,15,27H2,1-2H3,(H,28,32). The number of nitrogens with zero attached hydrogens (tertiary/aromatic N) is 4. The normalized spacial score (nSPS) is 25.0. The molecule has 0 bridgehead atoms. The van der Waals surface area contributed by atoms with Crippen LogP contribution in [0.2, 0.25) is 0 Å². The van der Waals surface area contributed by atoms with E-state index < -0.39 is 12.1 Å². The average molecular weight is 467 g/mol. The van der Waals surface area contributed by atoms with Gasteiger partial charge in [-0.3, -0.25) is 19.3 Å². The van der Waals surface area contributed by atoms with E-state index in [4.69, 9.17) is 5.73 Å². The molecule has 34 heavy (non-hydrogen) atoms. The fourth-order valence-electron chi connectivity index (χ4n) is 5.70. The minimum atomic E-state index is -0.747. The number of benzene rings is 1. The van der Waals surface area contributed by atoms with Crippen LogP contribution in [-0.4, -0.2) is 84.3 Å². The Hall–Kier alpha value is -2.96. The van der Waals surface area contributed by atoms with Gasteiger partial charge in [0.25, 0.3) is 5.91 Å². The Labute approximate surface area is 200 Å². The lowest BCUT2D eigenvalue weighted by atomic mass is 10.0. The van der Waals surface area contributed by atoms with Gasteiger partial charge in [-0.15, -0.1) is 0 Å². The van der Waals surface area contributed by atoms with Crippen LogP contribution >= 0.6 is 0 Å². The predicted octanol–water partition coefficient (Wildman–Crippen LogP) is 0.798. The zero-order valence-corrected chi connectivity index (χ0v) is 20.0. The second-order valence-corrected chi connectivity index (χ2v) is 9.57. The number of rotatable bonds is 6. The van der Waals surface area contributed by atoms with Crippen molar-refractivity contribution < 1.29 is 14.4 Å². The van der Waals surface area contributed by atoms with Crippen LogP contribution in [0.15, 0.2) is 18.2 Å². The van der Waals surface area contributed by atoms with Crippen LogP contribution in [-0.2, 0) is 16.0 Å². The zero-order valence-electron chi connectivity index (χ0n) is 20.0. The van der Waals surface area contributed by atoms with E-state index in [1.807, 2.05) is 35.0 Å². The molecule has 9 nitrogen and oxygen atoms in total. The average Bonchev–Trinajstić information content (AvgIpc) is 3.60. The molecule has 0 radical (unpaired) electrons. The first-order chi connectivity index (χ1) is 16.3. The van der Waals surface area contributed by atoms with Crippen molar-refractivity contribution in [2.45, 2.75) is 62.7 Å². The monoisotopic (exact) mass is 466 g/mol. The number of likely N-dealkylation sites (N-methyl/N-ethyl adjacent to an activating group) is 1. The van der Waals surface area contributed by atoms with Crippen LogP contribution in [0, 0.1) is 11.3 Å². The molecule has 2 saturated heterocycles. The molecule has 0 spiro atoms. The Morgan fingerprint density at radius 3 is 2.74 bits per heavy atom. The first kappa shape index (κ1) is 24.2. The summed E-state index contributed by atoms with van der Waals surface area (Å²) in [7, 11) is 3.46. The number of hydrogen-bond donors (Lipinski definition) is 2. The summed E-state index contributed by atoms with van der Waals surface area (Å²) in [6.07, 6.45) is 4.78. The lowest BCUT2D eigenvalue weighted by Gasteiger charge is -2.33. The van der Waals surface area contributed by atoms with E-state index in [0.29, 0.717) is 25.1 Å². The second-order valence-electron chi connectivity index (χ2n) is 9.57. The fourth-order valence-corrected chi connectivity index (χ4v) is 5.70. The highest BCUT2D eigenvalue weighted by Crippen LogP contribution is 2.36. The molecule has 2 fully saturated rings. The maximum absolute atomic E-state index is 13.5. The van der Waals surface area contributed by atoms with E-state index in [9.17, 15) is 19.6 Å². The van der Waals surface area contributed by atoms with E-state index >= 15 is 0 Å². The summed E-state index contributed by atoms with van der Waals surface area (Å²) in [4.78, 5) is 43.8. The number of nitriles is 1. The molecule has 2 heterocycles. The van der Waals surface area contributed by atoms with Gasteiger partial charge in [0.15, 0.2) is 0 Å². The van der Waals surface area contributed by atoms with Gasteiger partial charge in [0.1, 0.15) is 6.04 Å². The molecule has 9 heteroatoms. The molecule has 0 saturated carbocycles. The molecule has 3 amide bonds. The molecule has 3 N–H and O–H groups in total. The molecule has 0 aromatic heterocycles. The van der Waals surface area contributed by atoms with E-state index in [1.54, 1.807) is 11.9 Å². The van der Waals surface area contributed by atoms with Gasteiger partial charge >= 0.3 is 0 Å². The van der Waals surface area contributed by atoms with Gasteiger partial charge in [0, 0.05) is 32.7 Å². The third-order valence-corrected chi connectivity index (χ3v) is 7.58. The van der Waals surface area contributed by atoms with E-state index in [0.717, 1.165) is 49.8 Å². The van der Waals surface area contributed by atoms with Gasteiger partial charge < -0.3 is 20.9 Å². The first-order valence-electron chi connectivity index (χ1n) is 12.2. The number of amides is 3. The molecule has 182 valence electrons. The molecule has 4 rings (SSSR count). The van der Waals surface area contributed by atoms with Gasteiger partial charge in [-0.1, -0.05) is 6.07 Å². The summed E-state index contributed by atoms with van der Waals surface area (Å²) in [5.41, 5.74) is 9.10. The summed E-state index contributed by atoms with van der Waals surface area (Å²) in [5, 5.41) is 11.9. The number of hydrogen-bond acceptors (Lipinski definition) is 6. The van der Waals surface area contributed by atoms with Crippen LogP contribution in [0.4, 0.5) is 0 Å². The van der Waals surface area contributed by atoms with Crippen molar-refractivity contribution in [3.05, 3.63) is 34.9 Å². The largest absolute Gasteiger partial charge is 0.355 e. The Morgan fingerprint density at radius 1 is 1.24 bits per heavy atom. The molecule has 4 atom stereocenters. The Kier molecular flexibility index (Phi) is 7.19. The third kappa shape index (κ3) is 4.52. The van der Waals surface area contributed by atoms with Gasteiger partial charge in [0.2, 0.25) is 11.8 Å². The van der Waals surface area contributed by atoms with Gasteiger partial charge in [-0.05, 0) is 68.3 Å². The quantitative estimate of drug-likeness (QED) is 0.639. The maximum Gasteiger partial charge on any atom is 0.251 e. The molecule has 2 aliphatic heterocycles.